The molecule has 0 aliphatic heterocycles. The summed E-state index contributed by atoms with van der Waals surface area (Å²) in [5.74, 6) is -5.22. The van der Waals surface area contributed by atoms with Crippen LogP contribution in [-0.4, -0.2) is 23.9 Å². The summed E-state index contributed by atoms with van der Waals surface area (Å²) in [6, 6.07) is 11.5. The quantitative estimate of drug-likeness (QED) is 0.163. The summed E-state index contributed by atoms with van der Waals surface area (Å²) in [7, 11) is 0. The Balaban J connectivity index is 1.67. The number of rotatable bonds is 11. The number of hydrogen-bond acceptors (Lipinski definition) is 8. The number of ether oxygens (including phenoxy) is 4. The van der Waals surface area contributed by atoms with Gasteiger partial charge < -0.3 is 18.9 Å². The van der Waals surface area contributed by atoms with Crippen molar-refractivity contribution in [2.45, 2.75) is 19.8 Å². The Kier molecular flexibility index (Phi) is 10.0. The molecule has 0 spiro atoms. The van der Waals surface area contributed by atoms with Gasteiger partial charge in [-0.05, 0) is 60.9 Å². The molecule has 0 N–H and O–H groups in total. The van der Waals surface area contributed by atoms with E-state index >= 15 is 0 Å². The summed E-state index contributed by atoms with van der Waals surface area (Å²) in [4.78, 5) is 47.2. The number of carbonyl (C=O) groups excluding carboxylic acids is 4. The van der Waals surface area contributed by atoms with Crippen LogP contribution in [0.25, 0.3) is 11.1 Å². The third-order valence-electron chi connectivity index (χ3n) is 5.35. The van der Waals surface area contributed by atoms with Crippen LogP contribution in [-0.2, 0) is 25.6 Å². The number of aryl methyl sites for hydroxylation is 1. The van der Waals surface area contributed by atoms with Crippen LogP contribution < -0.4 is 18.9 Å². The van der Waals surface area contributed by atoms with E-state index in [1.54, 1.807) is 6.07 Å². The van der Waals surface area contributed by atoms with E-state index in [1.807, 2.05) is 0 Å². The number of benzene rings is 3. The topological polar surface area (TPSA) is 105 Å². The Morgan fingerprint density at radius 2 is 1.41 bits per heavy atom. The highest BCUT2D eigenvalue weighted by Crippen LogP contribution is 2.31. The van der Waals surface area contributed by atoms with Gasteiger partial charge in [0.1, 0.15) is 11.6 Å². The van der Waals surface area contributed by atoms with Crippen LogP contribution in [0.4, 0.5) is 8.78 Å². The average molecular weight is 563 g/mol. The largest absolute Gasteiger partial charge is 0.423 e. The minimum Gasteiger partial charge on any atom is -0.423 e. The highest BCUT2D eigenvalue weighted by atomic mass is 19.1. The molecule has 3 aromatic rings. The summed E-state index contributed by atoms with van der Waals surface area (Å²) in [6.45, 7) is 11.5. The fourth-order valence-corrected chi connectivity index (χ4v) is 3.33. The van der Waals surface area contributed by atoms with Crippen LogP contribution in [0.5, 0.6) is 23.0 Å². The van der Waals surface area contributed by atoms with Crippen molar-refractivity contribution >= 4 is 23.9 Å². The van der Waals surface area contributed by atoms with Crippen molar-refractivity contribution in [1.29, 1.82) is 0 Å². The van der Waals surface area contributed by atoms with E-state index in [1.165, 1.54) is 43.3 Å². The molecule has 0 radical (unpaired) electrons. The van der Waals surface area contributed by atoms with Gasteiger partial charge in [0.05, 0.1) is 0 Å². The van der Waals surface area contributed by atoms with Gasteiger partial charge in [-0.3, -0.25) is 4.79 Å². The van der Waals surface area contributed by atoms with Crippen molar-refractivity contribution in [3.63, 3.8) is 0 Å². The SMILES string of the molecule is C=CC(=O)Oc1ccc(CCC(=O)Oc2ccc(-c3ccc(OC(=O)C(=C)C)cc3F)cc2F)cc1OC(=O)C=C. The van der Waals surface area contributed by atoms with Gasteiger partial charge in [-0.25, -0.2) is 23.2 Å². The molecule has 10 heteroatoms. The van der Waals surface area contributed by atoms with Crippen molar-refractivity contribution in [2.24, 2.45) is 0 Å². The van der Waals surface area contributed by atoms with Gasteiger partial charge in [0, 0.05) is 35.8 Å². The van der Waals surface area contributed by atoms with Crippen LogP contribution in [0, 0.1) is 11.6 Å². The van der Waals surface area contributed by atoms with Crippen molar-refractivity contribution in [3.8, 4) is 34.1 Å². The van der Waals surface area contributed by atoms with E-state index in [9.17, 15) is 28.0 Å². The third-order valence-corrected chi connectivity index (χ3v) is 5.35. The second-order valence-corrected chi connectivity index (χ2v) is 8.46. The second kappa shape index (κ2) is 13.6. The molecule has 0 aromatic heterocycles. The monoisotopic (exact) mass is 562 g/mol. The first-order valence-electron chi connectivity index (χ1n) is 12.0. The molecule has 3 aromatic carbocycles. The Hall–Kier alpha value is -5.38. The zero-order valence-corrected chi connectivity index (χ0v) is 21.9. The van der Waals surface area contributed by atoms with Gasteiger partial charge >= 0.3 is 23.9 Å². The molecule has 0 heterocycles. The Labute approximate surface area is 234 Å². The van der Waals surface area contributed by atoms with Crippen molar-refractivity contribution < 1.29 is 46.9 Å². The molecule has 0 aliphatic rings. The zero-order chi connectivity index (χ0) is 30.1. The molecule has 41 heavy (non-hydrogen) atoms. The number of hydrogen-bond donors (Lipinski definition) is 0. The van der Waals surface area contributed by atoms with Gasteiger partial charge in [0.2, 0.25) is 0 Å². The van der Waals surface area contributed by atoms with E-state index in [-0.39, 0.29) is 52.5 Å². The lowest BCUT2D eigenvalue weighted by Gasteiger charge is -2.11. The van der Waals surface area contributed by atoms with Crippen LogP contribution in [0.15, 0.2) is 92.1 Å². The summed E-state index contributed by atoms with van der Waals surface area (Å²) < 4.78 is 49.6. The van der Waals surface area contributed by atoms with E-state index < -0.39 is 35.5 Å². The van der Waals surface area contributed by atoms with Crippen LogP contribution in [0.1, 0.15) is 18.9 Å². The standard InChI is InChI=1S/C31H24F2O8/c1-5-28(34)40-26-12-7-19(15-27(26)41-29(35)6-2)8-14-30(36)39-25-13-9-20(16-24(25)33)22-11-10-21(17-23(22)32)38-31(37)18(3)4/h5-7,9-13,15-17H,1-3,8,14H2,4H3. The van der Waals surface area contributed by atoms with E-state index in [0.29, 0.717) is 5.56 Å². The summed E-state index contributed by atoms with van der Waals surface area (Å²) in [5, 5.41) is 0. The number of halogens is 2. The maximum absolute atomic E-state index is 14.7. The molecule has 0 fully saturated rings. The molecular weight excluding hydrogens is 538 g/mol. The van der Waals surface area contributed by atoms with Gasteiger partial charge in [-0.2, -0.15) is 0 Å². The molecule has 0 saturated heterocycles. The molecule has 0 bridgehead atoms. The minimum atomic E-state index is -0.903. The Morgan fingerprint density at radius 3 is 2.02 bits per heavy atom. The van der Waals surface area contributed by atoms with Crippen LogP contribution >= 0.6 is 0 Å². The Bertz CT molecular complexity index is 1560. The molecule has 0 amide bonds. The zero-order valence-electron chi connectivity index (χ0n) is 21.9. The minimum absolute atomic E-state index is 0.0343. The molecule has 0 atom stereocenters. The highest BCUT2D eigenvalue weighted by molar-refractivity contribution is 5.89. The number of esters is 4. The molecule has 0 saturated carbocycles. The molecule has 0 aliphatic carbocycles. The Morgan fingerprint density at radius 1 is 0.756 bits per heavy atom. The fourth-order valence-electron chi connectivity index (χ4n) is 3.33. The van der Waals surface area contributed by atoms with Crippen molar-refractivity contribution in [1.82, 2.24) is 0 Å². The average Bonchev–Trinajstić information content (AvgIpc) is 2.94. The van der Waals surface area contributed by atoms with E-state index in [4.69, 9.17) is 18.9 Å². The van der Waals surface area contributed by atoms with Crippen molar-refractivity contribution in [3.05, 3.63) is 109 Å². The maximum atomic E-state index is 14.7. The first-order chi connectivity index (χ1) is 19.5. The third kappa shape index (κ3) is 8.30. The lowest BCUT2D eigenvalue weighted by molar-refractivity contribution is -0.134. The smallest absolute Gasteiger partial charge is 0.338 e. The van der Waals surface area contributed by atoms with E-state index in [2.05, 4.69) is 19.7 Å². The van der Waals surface area contributed by atoms with E-state index in [0.717, 1.165) is 24.3 Å². The lowest BCUT2D eigenvalue weighted by Crippen LogP contribution is -2.11. The highest BCUT2D eigenvalue weighted by Gasteiger charge is 2.16. The molecule has 3 rings (SSSR count). The molecule has 8 nitrogen and oxygen atoms in total. The lowest BCUT2D eigenvalue weighted by atomic mass is 10.0. The van der Waals surface area contributed by atoms with Gasteiger partial charge in [-0.1, -0.05) is 31.9 Å². The summed E-state index contributed by atoms with van der Waals surface area (Å²) in [6.07, 6.45) is 1.79. The van der Waals surface area contributed by atoms with Gasteiger partial charge in [-0.15, -0.1) is 0 Å². The first-order valence-corrected chi connectivity index (χ1v) is 12.0. The second-order valence-electron chi connectivity index (χ2n) is 8.46. The number of carbonyl (C=O) groups is 4. The molecular formula is C31H24F2O8. The normalized spacial score (nSPS) is 10.2. The fraction of sp³-hybridized carbons (Fsp3) is 0.0968. The molecule has 210 valence electrons. The van der Waals surface area contributed by atoms with Crippen LogP contribution in [0.3, 0.4) is 0 Å². The maximum Gasteiger partial charge on any atom is 0.338 e. The molecule has 0 unspecified atom stereocenters. The predicted octanol–water partition coefficient (Wildman–Crippen LogP) is 5.83. The van der Waals surface area contributed by atoms with Gasteiger partial charge in [0.25, 0.3) is 0 Å². The summed E-state index contributed by atoms with van der Waals surface area (Å²) >= 11 is 0. The van der Waals surface area contributed by atoms with Crippen LogP contribution in [0.2, 0.25) is 0 Å². The van der Waals surface area contributed by atoms with Crippen molar-refractivity contribution in [2.75, 3.05) is 0 Å². The predicted molar refractivity (Wildman–Crippen MR) is 144 cm³/mol. The summed E-state index contributed by atoms with van der Waals surface area (Å²) in [5.41, 5.74) is 0.865. The van der Waals surface area contributed by atoms with Gasteiger partial charge in [0.15, 0.2) is 23.1 Å². The first kappa shape index (κ1) is 30.2.